The molecule has 0 amide bonds. The first-order chi connectivity index (χ1) is 9.40. The lowest BCUT2D eigenvalue weighted by atomic mass is 10.1. The molecule has 0 heterocycles. The molecule has 0 spiro atoms. The zero-order valence-electron chi connectivity index (χ0n) is 11.1. The molecule has 0 aromatic heterocycles. The second kappa shape index (κ2) is 6.97. The lowest BCUT2D eigenvalue weighted by Crippen LogP contribution is -2.23. The molecule has 1 N–H and O–H groups in total. The summed E-state index contributed by atoms with van der Waals surface area (Å²) in [6.07, 6.45) is -2.30. The summed E-state index contributed by atoms with van der Waals surface area (Å²) in [5, 5.41) is 9.37. The van der Waals surface area contributed by atoms with Gasteiger partial charge < -0.3 is 14.6 Å². The van der Waals surface area contributed by atoms with Crippen molar-refractivity contribution in [2.24, 2.45) is 4.99 Å². The highest BCUT2D eigenvalue weighted by atomic mass is 19.3. The van der Waals surface area contributed by atoms with E-state index in [1.165, 1.54) is 0 Å². The molecular weight excluding hydrogens is 276 g/mol. The normalized spacial score (nSPS) is 16.8. The van der Waals surface area contributed by atoms with Crippen molar-refractivity contribution in [1.29, 1.82) is 0 Å². The molecule has 0 atom stereocenters. The van der Waals surface area contributed by atoms with Crippen molar-refractivity contribution in [2.75, 3.05) is 14.2 Å². The van der Waals surface area contributed by atoms with E-state index in [0.717, 1.165) is 27.1 Å². The average Bonchev–Trinajstić information content (AvgIpc) is 3.21. The Hall–Kier alpha value is -1.99. The van der Waals surface area contributed by atoms with Crippen LogP contribution in [0.25, 0.3) is 0 Å². The summed E-state index contributed by atoms with van der Waals surface area (Å²) in [6.45, 7) is 0. The van der Waals surface area contributed by atoms with Crippen LogP contribution < -0.4 is 0 Å². The lowest BCUT2D eigenvalue weighted by Gasteiger charge is -2.11. The minimum absolute atomic E-state index is 0.139. The number of aliphatic hydroxyl groups excluding tert-OH is 1. The van der Waals surface area contributed by atoms with Gasteiger partial charge in [0.05, 0.1) is 32.4 Å². The van der Waals surface area contributed by atoms with Gasteiger partial charge in [0.2, 0.25) is 0 Å². The largest absolute Gasteiger partial charge is 0.506 e. The number of nitrogens with zero attached hydrogens (tertiary/aromatic N) is 1. The maximum Gasteiger partial charge on any atom is 0.343 e. The number of carbonyl (C=O) groups is 2. The van der Waals surface area contributed by atoms with E-state index in [1.54, 1.807) is 0 Å². The van der Waals surface area contributed by atoms with Gasteiger partial charge in [0.15, 0.2) is 5.76 Å². The lowest BCUT2D eigenvalue weighted by molar-refractivity contribution is -0.139. The zero-order chi connectivity index (χ0) is 15.3. The SMILES string of the molecule is COC(=O)CC(=NC1CC1)C(C(=O)OC)=C(O)C(F)F. The third-order valence-corrected chi connectivity index (χ3v) is 2.57. The molecule has 1 rings (SSSR count). The van der Waals surface area contributed by atoms with E-state index in [0.29, 0.717) is 0 Å². The van der Waals surface area contributed by atoms with Gasteiger partial charge in [-0.1, -0.05) is 0 Å². The van der Waals surface area contributed by atoms with Crippen LogP contribution in [0, 0.1) is 0 Å². The van der Waals surface area contributed by atoms with Crippen LogP contribution in [0.1, 0.15) is 19.3 Å². The maximum atomic E-state index is 12.6. The molecule has 0 bridgehead atoms. The van der Waals surface area contributed by atoms with Crippen LogP contribution >= 0.6 is 0 Å². The van der Waals surface area contributed by atoms with E-state index < -0.39 is 36.1 Å². The van der Waals surface area contributed by atoms with Gasteiger partial charge in [-0.15, -0.1) is 0 Å². The quantitative estimate of drug-likeness (QED) is 0.346. The predicted molar refractivity (Wildman–Crippen MR) is 64.8 cm³/mol. The van der Waals surface area contributed by atoms with Crippen LogP contribution in [0.5, 0.6) is 0 Å². The van der Waals surface area contributed by atoms with Crippen LogP contribution in [0.15, 0.2) is 16.3 Å². The van der Waals surface area contributed by atoms with Crippen molar-refractivity contribution in [2.45, 2.75) is 31.7 Å². The summed E-state index contributed by atoms with van der Waals surface area (Å²) in [5.74, 6) is -3.39. The zero-order valence-corrected chi connectivity index (χ0v) is 11.1. The molecule has 8 heteroatoms. The van der Waals surface area contributed by atoms with Crippen LogP contribution in [-0.4, -0.2) is 49.4 Å². The Labute approximate surface area is 114 Å². The van der Waals surface area contributed by atoms with Gasteiger partial charge in [0.25, 0.3) is 6.43 Å². The van der Waals surface area contributed by atoms with E-state index in [-0.39, 0.29) is 11.8 Å². The van der Waals surface area contributed by atoms with Crippen molar-refractivity contribution in [3.63, 3.8) is 0 Å². The summed E-state index contributed by atoms with van der Waals surface area (Å²) in [6, 6.07) is -0.139. The van der Waals surface area contributed by atoms with Gasteiger partial charge in [-0.25, -0.2) is 13.6 Å². The minimum Gasteiger partial charge on any atom is -0.506 e. The molecule has 0 aromatic carbocycles. The number of rotatable bonds is 6. The van der Waals surface area contributed by atoms with Crippen LogP contribution in [0.3, 0.4) is 0 Å². The number of aliphatic hydroxyl groups is 1. The highest BCUT2D eigenvalue weighted by Crippen LogP contribution is 2.26. The monoisotopic (exact) mass is 291 g/mol. The van der Waals surface area contributed by atoms with Crippen LogP contribution in [-0.2, 0) is 19.1 Å². The third kappa shape index (κ3) is 4.29. The summed E-state index contributed by atoms with van der Waals surface area (Å²) in [4.78, 5) is 26.9. The number of methoxy groups -OCH3 is 2. The number of esters is 2. The second-order valence-corrected chi connectivity index (χ2v) is 4.11. The summed E-state index contributed by atoms with van der Waals surface area (Å²) < 4.78 is 34.0. The number of allylic oxidation sites excluding steroid dienone is 1. The molecule has 112 valence electrons. The first-order valence-electron chi connectivity index (χ1n) is 5.84. The average molecular weight is 291 g/mol. The second-order valence-electron chi connectivity index (χ2n) is 4.11. The molecule has 1 aliphatic carbocycles. The Bertz CT molecular complexity index is 455. The molecule has 20 heavy (non-hydrogen) atoms. The molecule has 1 aliphatic rings. The summed E-state index contributed by atoms with van der Waals surface area (Å²) >= 11 is 0. The number of halogens is 2. The molecule has 0 unspecified atom stereocenters. The molecule has 0 aliphatic heterocycles. The number of alkyl halides is 2. The molecule has 0 aromatic rings. The fraction of sp³-hybridized carbons (Fsp3) is 0.583. The number of carbonyl (C=O) groups excluding carboxylic acids is 2. The van der Waals surface area contributed by atoms with Gasteiger partial charge in [-0.05, 0) is 12.8 Å². The third-order valence-electron chi connectivity index (χ3n) is 2.57. The molecular formula is C12H15F2NO5. The highest BCUT2D eigenvalue weighted by molar-refractivity contribution is 6.24. The standard InChI is InChI=1S/C12H15F2NO5/c1-19-8(16)5-7(15-6-3-4-6)9(12(18)20-2)10(17)11(13)14/h6,11,17H,3-5H2,1-2H3. The van der Waals surface area contributed by atoms with Gasteiger partial charge >= 0.3 is 11.9 Å². The summed E-state index contributed by atoms with van der Waals surface area (Å²) in [7, 11) is 2.10. The first kappa shape index (κ1) is 16.1. The number of aliphatic imine (C=N–C) groups is 1. The van der Waals surface area contributed by atoms with Crippen molar-refractivity contribution in [1.82, 2.24) is 0 Å². The van der Waals surface area contributed by atoms with E-state index in [2.05, 4.69) is 14.5 Å². The summed E-state index contributed by atoms with van der Waals surface area (Å²) in [5.41, 5.74) is -1.02. The number of hydrogen-bond acceptors (Lipinski definition) is 6. The van der Waals surface area contributed by atoms with E-state index in [1.807, 2.05) is 0 Å². The Morgan fingerprint density at radius 3 is 2.30 bits per heavy atom. The fourth-order valence-corrected chi connectivity index (χ4v) is 1.41. The Balaban J connectivity index is 3.20. The molecule has 0 saturated heterocycles. The van der Waals surface area contributed by atoms with Gasteiger partial charge in [0, 0.05) is 0 Å². The van der Waals surface area contributed by atoms with Crippen LogP contribution in [0.4, 0.5) is 8.78 Å². The van der Waals surface area contributed by atoms with Gasteiger partial charge in [-0.3, -0.25) is 9.79 Å². The predicted octanol–water partition coefficient (Wildman–Crippen LogP) is 1.40. The van der Waals surface area contributed by atoms with E-state index in [4.69, 9.17) is 0 Å². The van der Waals surface area contributed by atoms with Crippen molar-refractivity contribution >= 4 is 17.7 Å². The van der Waals surface area contributed by atoms with E-state index >= 15 is 0 Å². The first-order valence-corrected chi connectivity index (χ1v) is 5.84. The Morgan fingerprint density at radius 1 is 1.30 bits per heavy atom. The van der Waals surface area contributed by atoms with Crippen LogP contribution in [0.2, 0.25) is 0 Å². The van der Waals surface area contributed by atoms with Crippen molar-refractivity contribution in [3.8, 4) is 0 Å². The van der Waals surface area contributed by atoms with Gasteiger partial charge in [-0.2, -0.15) is 0 Å². The smallest absolute Gasteiger partial charge is 0.343 e. The Kier molecular flexibility index (Phi) is 5.60. The molecule has 0 radical (unpaired) electrons. The fourth-order valence-electron chi connectivity index (χ4n) is 1.41. The maximum absolute atomic E-state index is 12.6. The van der Waals surface area contributed by atoms with Crippen molar-refractivity contribution in [3.05, 3.63) is 11.3 Å². The number of hydrogen-bond donors (Lipinski definition) is 1. The Morgan fingerprint density at radius 2 is 1.90 bits per heavy atom. The number of ether oxygens (including phenoxy) is 2. The van der Waals surface area contributed by atoms with Crippen molar-refractivity contribution < 1.29 is 33.0 Å². The molecule has 6 nitrogen and oxygen atoms in total. The topological polar surface area (TPSA) is 85.2 Å². The van der Waals surface area contributed by atoms with Gasteiger partial charge in [0.1, 0.15) is 5.57 Å². The van der Waals surface area contributed by atoms with E-state index in [9.17, 15) is 23.5 Å². The molecule has 1 saturated carbocycles. The molecule has 1 fully saturated rings. The minimum atomic E-state index is -3.27. The highest BCUT2D eigenvalue weighted by Gasteiger charge is 2.31.